The van der Waals surface area contributed by atoms with Crippen LogP contribution < -0.4 is 5.32 Å². The summed E-state index contributed by atoms with van der Waals surface area (Å²) < 4.78 is 18.5. The van der Waals surface area contributed by atoms with E-state index in [9.17, 15) is 4.39 Å². The zero-order chi connectivity index (χ0) is 15.1. The SMILES string of the molecule is CCNC(CCN(C)Cc1ccoc1)c1cccc(F)c1. The van der Waals surface area contributed by atoms with Crippen LogP contribution in [0.25, 0.3) is 0 Å². The number of hydrogen-bond donors (Lipinski definition) is 1. The molecule has 0 saturated heterocycles. The van der Waals surface area contributed by atoms with Crippen molar-refractivity contribution in [1.82, 2.24) is 10.2 Å². The highest BCUT2D eigenvalue weighted by Crippen LogP contribution is 2.18. The van der Waals surface area contributed by atoms with Crippen molar-refractivity contribution in [2.24, 2.45) is 0 Å². The van der Waals surface area contributed by atoms with Gasteiger partial charge in [-0.15, -0.1) is 0 Å². The van der Waals surface area contributed by atoms with Crippen molar-refractivity contribution >= 4 is 0 Å². The van der Waals surface area contributed by atoms with Crippen LogP contribution in [-0.2, 0) is 6.54 Å². The van der Waals surface area contributed by atoms with E-state index in [1.165, 1.54) is 11.6 Å². The largest absolute Gasteiger partial charge is 0.472 e. The van der Waals surface area contributed by atoms with E-state index in [-0.39, 0.29) is 11.9 Å². The van der Waals surface area contributed by atoms with Crippen LogP contribution in [0.15, 0.2) is 47.3 Å². The second kappa shape index (κ2) is 7.96. The molecule has 4 heteroatoms. The van der Waals surface area contributed by atoms with Gasteiger partial charge < -0.3 is 14.6 Å². The molecule has 0 aliphatic carbocycles. The maximum absolute atomic E-state index is 13.4. The van der Waals surface area contributed by atoms with E-state index in [1.54, 1.807) is 24.7 Å². The predicted molar refractivity (Wildman–Crippen MR) is 82.5 cm³/mol. The van der Waals surface area contributed by atoms with E-state index in [4.69, 9.17) is 4.42 Å². The van der Waals surface area contributed by atoms with E-state index in [0.29, 0.717) is 0 Å². The minimum absolute atomic E-state index is 0.178. The molecule has 3 nitrogen and oxygen atoms in total. The summed E-state index contributed by atoms with van der Waals surface area (Å²) in [6.45, 7) is 4.73. The van der Waals surface area contributed by atoms with Gasteiger partial charge in [-0.3, -0.25) is 0 Å². The molecule has 0 spiro atoms. The van der Waals surface area contributed by atoms with Crippen molar-refractivity contribution in [2.75, 3.05) is 20.1 Å². The highest BCUT2D eigenvalue weighted by Gasteiger charge is 2.12. The van der Waals surface area contributed by atoms with Crippen LogP contribution in [0.4, 0.5) is 4.39 Å². The van der Waals surface area contributed by atoms with E-state index >= 15 is 0 Å². The molecule has 1 heterocycles. The number of halogens is 1. The Morgan fingerprint density at radius 2 is 2.19 bits per heavy atom. The third kappa shape index (κ3) is 4.99. The van der Waals surface area contributed by atoms with Gasteiger partial charge in [0.25, 0.3) is 0 Å². The Labute approximate surface area is 125 Å². The van der Waals surface area contributed by atoms with Gasteiger partial charge in [0.2, 0.25) is 0 Å². The summed E-state index contributed by atoms with van der Waals surface area (Å²) in [5, 5.41) is 3.43. The maximum Gasteiger partial charge on any atom is 0.123 e. The molecule has 1 atom stereocenters. The molecule has 0 bridgehead atoms. The van der Waals surface area contributed by atoms with Crippen LogP contribution in [0.1, 0.15) is 30.5 Å². The first-order chi connectivity index (χ1) is 10.2. The Morgan fingerprint density at radius 3 is 2.86 bits per heavy atom. The fourth-order valence-corrected chi connectivity index (χ4v) is 2.48. The smallest absolute Gasteiger partial charge is 0.123 e. The van der Waals surface area contributed by atoms with Gasteiger partial charge in [0.1, 0.15) is 5.82 Å². The molecule has 1 unspecified atom stereocenters. The van der Waals surface area contributed by atoms with Gasteiger partial charge in [-0.05, 0) is 50.3 Å². The summed E-state index contributed by atoms with van der Waals surface area (Å²) >= 11 is 0. The summed E-state index contributed by atoms with van der Waals surface area (Å²) in [4.78, 5) is 2.24. The van der Waals surface area contributed by atoms with Crippen molar-refractivity contribution in [2.45, 2.75) is 25.9 Å². The molecule has 0 radical (unpaired) electrons. The van der Waals surface area contributed by atoms with Gasteiger partial charge >= 0.3 is 0 Å². The number of nitrogens with zero attached hydrogens (tertiary/aromatic N) is 1. The lowest BCUT2D eigenvalue weighted by atomic mass is 10.0. The molecule has 114 valence electrons. The molecule has 2 rings (SSSR count). The van der Waals surface area contributed by atoms with E-state index in [0.717, 1.165) is 31.6 Å². The zero-order valence-corrected chi connectivity index (χ0v) is 12.7. The Hall–Kier alpha value is -1.65. The van der Waals surface area contributed by atoms with Crippen molar-refractivity contribution in [3.8, 4) is 0 Å². The first-order valence-corrected chi connectivity index (χ1v) is 7.37. The molecule has 0 aliphatic rings. The molecule has 2 aromatic rings. The summed E-state index contributed by atoms with van der Waals surface area (Å²) in [6, 6.07) is 9.00. The van der Waals surface area contributed by atoms with Crippen molar-refractivity contribution in [3.05, 3.63) is 59.8 Å². The average Bonchev–Trinajstić information content (AvgIpc) is 2.96. The Balaban J connectivity index is 1.90. The van der Waals surface area contributed by atoms with Crippen LogP contribution in [0.3, 0.4) is 0 Å². The maximum atomic E-state index is 13.4. The first-order valence-electron chi connectivity index (χ1n) is 7.37. The molecule has 0 saturated carbocycles. The number of nitrogens with one attached hydrogen (secondary N) is 1. The Morgan fingerprint density at radius 1 is 1.33 bits per heavy atom. The molecule has 0 amide bonds. The quantitative estimate of drug-likeness (QED) is 0.805. The van der Waals surface area contributed by atoms with E-state index in [1.807, 2.05) is 12.1 Å². The molecule has 21 heavy (non-hydrogen) atoms. The van der Waals surface area contributed by atoms with Crippen LogP contribution in [-0.4, -0.2) is 25.0 Å². The first kappa shape index (κ1) is 15.7. The third-order valence-corrected chi connectivity index (χ3v) is 3.53. The minimum Gasteiger partial charge on any atom is -0.472 e. The van der Waals surface area contributed by atoms with Crippen LogP contribution in [0.2, 0.25) is 0 Å². The molecular weight excluding hydrogens is 267 g/mol. The normalized spacial score (nSPS) is 12.8. The van der Waals surface area contributed by atoms with E-state index in [2.05, 4.69) is 24.2 Å². The lowest BCUT2D eigenvalue weighted by Gasteiger charge is -2.22. The Kier molecular flexibility index (Phi) is 5.96. The Bertz CT molecular complexity index is 527. The van der Waals surface area contributed by atoms with Crippen LogP contribution in [0.5, 0.6) is 0 Å². The summed E-state index contributed by atoms with van der Waals surface area (Å²) in [6.07, 6.45) is 4.40. The summed E-state index contributed by atoms with van der Waals surface area (Å²) in [5.41, 5.74) is 2.18. The third-order valence-electron chi connectivity index (χ3n) is 3.53. The van der Waals surface area contributed by atoms with Gasteiger partial charge in [-0.25, -0.2) is 4.39 Å². The highest BCUT2D eigenvalue weighted by atomic mass is 19.1. The molecule has 1 aromatic carbocycles. The zero-order valence-electron chi connectivity index (χ0n) is 12.7. The molecule has 1 N–H and O–H groups in total. The lowest BCUT2D eigenvalue weighted by Crippen LogP contribution is -2.27. The van der Waals surface area contributed by atoms with Crippen LogP contribution >= 0.6 is 0 Å². The number of benzene rings is 1. The molecule has 0 fully saturated rings. The standard InChI is InChI=1S/C17H23FN2O/c1-3-19-17(15-5-4-6-16(18)11-15)7-9-20(2)12-14-8-10-21-13-14/h4-6,8,10-11,13,17,19H,3,7,9,12H2,1-2H3. The summed E-state index contributed by atoms with van der Waals surface area (Å²) in [5.74, 6) is -0.179. The number of rotatable bonds is 8. The van der Waals surface area contributed by atoms with Gasteiger partial charge in [0.15, 0.2) is 0 Å². The fourth-order valence-electron chi connectivity index (χ4n) is 2.48. The highest BCUT2D eigenvalue weighted by molar-refractivity contribution is 5.20. The minimum atomic E-state index is -0.179. The van der Waals surface area contributed by atoms with Gasteiger partial charge in [0.05, 0.1) is 12.5 Å². The predicted octanol–water partition coefficient (Wildman–Crippen LogP) is 3.59. The second-order valence-electron chi connectivity index (χ2n) is 5.32. The van der Waals surface area contributed by atoms with Crippen molar-refractivity contribution in [1.29, 1.82) is 0 Å². The monoisotopic (exact) mass is 290 g/mol. The van der Waals surface area contributed by atoms with Crippen LogP contribution in [0, 0.1) is 5.82 Å². The van der Waals surface area contributed by atoms with Crippen molar-refractivity contribution < 1.29 is 8.81 Å². The van der Waals surface area contributed by atoms with E-state index < -0.39 is 0 Å². The number of hydrogen-bond acceptors (Lipinski definition) is 3. The molecule has 1 aromatic heterocycles. The summed E-state index contributed by atoms with van der Waals surface area (Å²) in [7, 11) is 2.08. The average molecular weight is 290 g/mol. The van der Waals surface area contributed by atoms with Gasteiger partial charge in [-0.2, -0.15) is 0 Å². The second-order valence-corrected chi connectivity index (χ2v) is 5.32. The molecular formula is C17H23FN2O. The lowest BCUT2D eigenvalue weighted by molar-refractivity contribution is 0.300. The fraction of sp³-hybridized carbons (Fsp3) is 0.412. The number of furan rings is 1. The van der Waals surface area contributed by atoms with Crippen molar-refractivity contribution in [3.63, 3.8) is 0 Å². The molecule has 0 aliphatic heterocycles. The topological polar surface area (TPSA) is 28.4 Å². The van der Waals surface area contributed by atoms with Gasteiger partial charge in [0, 0.05) is 18.2 Å². The van der Waals surface area contributed by atoms with Gasteiger partial charge in [-0.1, -0.05) is 19.1 Å².